The highest BCUT2D eigenvalue weighted by atomic mass is 16.3. The maximum atomic E-state index is 13.7. The summed E-state index contributed by atoms with van der Waals surface area (Å²) in [6.07, 6.45) is 3.98. The van der Waals surface area contributed by atoms with Gasteiger partial charge in [0, 0.05) is 38.3 Å². The molecule has 4 rings (SSSR count). The Hall–Kier alpha value is -3.06. The summed E-state index contributed by atoms with van der Waals surface area (Å²) in [5, 5.41) is 9.99. The van der Waals surface area contributed by atoms with Gasteiger partial charge in [-0.2, -0.15) is 0 Å². The number of benzene rings is 1. The summed E-state index contributed by atoms with van der Waals surface area (Å²) in [4.78, 5) is 46.9. The summed E-state index contributed by atoms with van der Waals surface area (Å²) in [5.74, 6) is -0.819. The van der Waals surface area contributed by atoms with E-state index in [4.69, 9.17) is 0 Å². The molecular weight excluding hydrogens is 394 g/mol. The van der Waals surface area contributed by atoms with Crippen LogP contribution >= 0.6 is 0 Å². The largest absolute Gasteiger partial charge is 0.391 e. The maximum Gasteiger partial charge on any atom is 0.241 e. The van der Waals surface area contributed by atoms with Gasteiger partial charge in [-0.05, 0) is 48.6 Å². The average molecular weight is 421 g/mol. The molecule has 1 aromatic carbocycles. The first-order chi connectivity index (χ1) is 14.9. The summed E-state index contributed by atoms with van der Waals surface area (Å²) in [6.45, 7) is 2.88. The van der Waals surface area contributed by atoms with Crippen LogP contribution < -0.4 is 0 Å². The fourth-order valence-corrected chi connectivity index (χ4v) is 4.74. The first kappa shape index (κ1) is 21.2. The molecule has 3 amide bonds. The number of carbonyl (C=O) groups excluding carboxylic acids is 3. The zero-order chi connectivity index (χ0) is 22.0. The van der Waals surface area contributed by atoms with Crippen LogP contribution in [0.4, 0.5) is 0 Å². The fourth-order valence-electron chi connectivity index (χ4n) is 4.74. The molecular formula is C24H27N3O4. The number of piperidine rings is 1. The van der Waals surface area contributed by atoms with Crippen molar-refractivity contribution >= 4 is 17.7 Å². The highest BCUT2D eigenvalue weighted by Gasteiger charge is 2.54. The number of hydrogen-bond acceptors (Lipinski definition) is 5. The van der Waals surface area contributed by atoms with Gasteiger partial charge in [0.1, 0.15) is 0 Å². The number of aromatic nitrogens is 1. The molecule has 3 heterocycles. The van der Waals surface area contributed by atoms with Crippen molar-refractivity contribution in [3.63, 3.8) is 0 Å². The van der Waals surface area contributed by atoms with Crippen LogP contribution in [-0.4, -0.2) is 56.8 Å². The summed E-state index contributed by atoms with van der Waals surface area (Å²) in [7, 11) is 0. The quantitative estimate of drug-likeness (QED) is 0.746. The normalized spacial score (nSPS) is 24.0. The molecule has 0 saturated carbocycles. The zero-order valence-electron chi connectivity index (χ0n) is 17.7. The number of likely N-dealkylation sites (tertiary alicyclic amines) is 2. The van der Waals surface area contributed by atoms with Gasteiger partial charge < -0.3 is 10.0 Å². The number of carbonyl (C=O) groups is 3. The third kappa shape index (κ3) is 4.10. The predicted octanol–water partition coefficient (Wildman–Crippen LogP) is 1.96. The predicted molar refractivity (Wildman–Crippen MR) is 114 cm³/mol. The van der Waals surface area contributed by atoms with Crippen LogP contribution in [0.3, 0.4) is 0 Å². The van der Waals surface area contributed by atoms with E-state index >= 15 is 0 Å². The molecule has 2 aliphatic rings. The topological polar surface area (TPSA) is 90.8 Å². The smallest absolute Gasteiger partial charge is 0.241 e. The number of imide groups is 1. The molecule has 0 spiro atoms. The van der Waals surface area contributed by atoms with Crippen molar-refractivity contribution in [2.75, 3.05) is 13.1 Å². The van der Waals surface area contributed by atoms with Crippen LogP contribution in [0.1, 0.15) is 42.4 Å². The number of aliphatic hydroxyl groups is 1. The van der Waals surface area contributed by atoms with Crippen molar-refractivity contribution in [1.29, 1.82) is 0 Å². The molecule has 0 bridgehead atoms. The lowest BCUT2D eigenvalue weighted by atomic mass is 9.73. The maximum absolute atomic E-state index is 13.7. The molecule has 7 nitrogen and oxygen atoms in total. The summed E-state index contributed by atoms with van der Waals surface area (Å²) < 4.78 is 0. The number of aliphatic hydroxyl groups excluding tert-OH is 1. The molecule has 0 unspecified atom stereocenters. The van der Waals surface area contributed by atoms with Crippen molar-refractivity contribution in [3.8, 4) is 0 Å². The van der Waals surface area contributed by atoms with E-state index in [1.807, 2.05) is 31.2 Å². The van der Waals surface area contributed by atoms with Crippen molar-refractivity contribution < 1.29 is 19.5 Å². The zero-order valence-corrected chi connectivity index (χ0v) is 17.7. The van der Waals surface area contributed by atoms with Gasteiger partial charge in [-0.25, -0.2) is 0 Å². The van der Waals surface area contributed by atoms with Gasteiger partial charge in [-0.15, -0.1) is 0 Å². The lowest BCUT2D eigenvalue weighted by molar-refractivity contribution is -0.144. The van der Waals surface area contributed by atoms with Crippen LogP contribution in [0.25, 0.3) is 0 Å². The number of rotatable bonds is 5. The van der Waals surface area contributed by atoms with Crippen LogP contribution in [0, 0.1) is 6.92 Å². The van der Waals surface area contributed by atoms with Crippen LogP contribution in [0.5, 0.6) is 0 Å². The molecule has 2 fully saturated rings. The lowest BCUT2D eigenvalue weighted by Gasteiger charge is -2.34. The SMILES string of the molecule is Cc1ccccc1[C@]1(CC(=O)N2CCC[C@@H](O)C2)CC(=O)N(Cc2ccncc2)C1=O. The number of β-amino-alcohol motifs (C(OH)–C–C–N with tert-alkyl or cyclic N) is 1. The molecule has 0 radical (unpaired) electrons. The first-order valence-electron chi connectivity index (χ1n) is 10.7. The highest BCUT2D eigenvalue weighted by Crippen LogP contribution is 2.42. The van der Waals surface area contributed by atoms with Crippen molar-refractivity contribution in [1.82, 2.24) is 14.8 Å². The Kier molecular flexibility index (Phi) is 5.87. The van der Waals surface area contributed by atoms with Crippen molar-refractivity contribution in [2.45, 2.75) is 50.7 Å². The molecule has 2 atom stereocenters. The van der Waals surface area contributed by atoms with E-state index in [2.05, 4.69) is 4.98 Å². The molecule has 162 valence electrons. The second kappa shape index (κ2) is 8.59. The minimum Gasteiger partial charge on any atom is -0.391 e. The molecule has 31 heavy (non-hydrogen) atoms. The van der Waals surface area contributed by atoms with Crippen LogP contribution in [-0.2, 0) is 26.3 Å². The van der Waals surface area contributed by atoms with Crippen LogP contribution in [0.2, 0.25) is 0 Å². The number of pyridine rings is 1. The van der Waals surface area contributed by atoms with Gasteiger partial charge in [-0.3, -0.25) is 24.3 Å². The third-order valence-corrected chi connectivity index (χ3v) is 6.36. The Labute approximate surface area is 181 Å². The Morgan fingerprint density at radius 3 is 2.65 bits per heavy atom. The fraction of sp³-hybridized carbons (Fsp3) is 0.417. The monoisotopic (exact) mass is 421 g/mol. The van der Waals surface area contributed by atoms with Crippen LogP contribution in [0.15, 0.2) is 48.8 Å². The lowest BCUT2D eigenvalue weighted by Crippen LogP contribution is -2.47. The van der Waals surface area contributed by atoms with E-state index in [1.165, 1.54) is 4.90 Å². The third-order valence-electron chi connectivity index (χ3n) is 6.36. The standard InChI is InChI=1S/C24H27N3O4/c1-17-5-2-3-7-20(17)24(13-21(29)26-12-4-6-19(28)16-26)14-22(30)27(23(24)31)15-18-8-10-25-11-9-18/h2-3,5,7-11,19,28H,4,6,12-16H2,1H3/t19-,24+/m1/s1. The molecule has 2 aromatic rings. The Morgan fingerprint density at radius 2 is 1.94 bits per heavy atom. The second-order valence-corrected chi connectivity index (χ2v) is 8.53. The second-order valence-electron chi connectivity index (χ2n) is 8.53. The van der Waals surface area contributed by atoms with Gasteiger partial charge in [0.25, 0.3) is 0 Å². The molecule has 0 aliphatic carbocycles. The van der Waals surface area contributed by atoms with E-state index in [9.17, 15) is 19.5 Å². The highest BCUT2D eigenvalue weighted by molar-refractivity contribution is 6.10. The molecule has 2 aliphatic heterocycles. The van der Waals surface area contributed by atoms with E-state index in [0.29, 0.717) is 13.0 Å². The Bertz CT molecular complexity index is 993. The number of hydrogen-bond donors (Lipinski definition) is 1. The van der Waals surface area contributed by atoms with E-state index in [0.717, 1.165) is 23.1 Å². The number of aryl methyl sites for hydroxylation is 1. The van der Waals surface area contributed by atoms with Gasteiger partial charge in [0.15, 0.2) is 0 Å². The van der Waals surface area contributed by atoms with E-state index in [1.54, 1.807) is 29.4 Å². The van der Waals surface area contributed by atoms with E-state index in [-0.39, 0.29) is 43.7 Å². The van der Waals surface area contributed by atoms with Gasteiger partial charge >= 0.3 is 0 Å². The minimum absolute atomic E-state index is 0.0378. The van der Waals surface area contributed by atoms with Crippen molar-refractivity contribution in [3.05, 3.63) is 65.5 Å². The number of nitrogens with zero attached hydrogens (tertiary/aromatic N) is 3. The average Bonchev–Trinajstić information content (AvgIpc) is 2.99. The Balaban J connectivity index is 1.68. The Morgan fingerprint density at radius 1 is 1.19 bits per heavy atom. The first-order valence-corrected chi connectivity index (χ1v) is 10.7. The summed E-state index contributed by atoms with van der Waals surface area (Å²) >= 11 is 0. The molecule has 1 N–H and O–H groups in total. The van der Waals surface area contributed by atoms with Crippen molar-refractivity contribution in [2.24, 2.45) is 0 Å². The van der Waals surface area contributed by atoms with Gasteiger partial charge in [0.05, 0.1) is 18.1 Å². The molecule has 1 aromatic heterocycles. The minimum atomic E-state index is -1.23. The molecule has 2 saturated heterocycles. The van der Waals surface area contributed by atoms with Gasteiger partial charge in [-0.1, -0.05) is 24.3 Å². The van der Waals surface area contributed by atoms with E-state index < -0.39 is 11.5 Å². The summed E-state index contributed by atoms with van der Waals surface area (Å²) in [6, 6.07) is 11.0. The molecule has 7 heteroatoms. The number of amides is 3. The summed E-state index contributed by atoms with van der Waals surface area (Å²) in [5.41, 5.74) is 1.18. The van der Waals surface area contributed by atoms with Gasteiger partial charge in [0.2, 0.25) is 17.7 Å².